The van der Waals surface area contributed by atoms with Gasteiger partial charge in [-0.2, -0.15) is 5.10 Å². The molecule has 2 aromatic carbocycles. The molecule has 0 fully saturated rings. The minimum Gasteiger partial charge on any atom is -0.452 e. The molecule has 0 radical (unpaired) electrons. The summed E-state index contributed by atoms with van der Waals surface area (Å²) in [6, 6.07) is 14.4. The second-order valence-corrected chi connectivity index (χ2v) is 7.57. The van der Waals surface area contributed by atoms with Gasteiger partial charge in [0.05, 0.1) is 16.9 Å². The molecule has 9 heteroatoms. The van der Waals surface area contributed by atoms with Gasteiger partial charge in [0.2, 0.25) is 0 Å². The maximum Gasteiger partial charge on any atom is 0.343 e. The Morgan fingerprint density at radius 3 is 2.41 bits per heavy atom. The van der Waals surface area contributed by atoms with Gasteiger partial charge in [-0.3, -0.25) is 14.3 Å². The summed E-state index contributed by atoms with van der Waals surface area (Å²) in [6.07, 6.45) is 0. The Morgan fingerprint density at radius 2 is 1.75 bits per heavy atom. The number of carbonyl (C=O) groups is 3. The van der Waals surface area contributed by atoms with E-state index in [1.54, 1.807) is 38.2 Å². The molecule has 0 aliphatic rings. The van der Waals surface area contributed by atoms with Crippen molar-refractivity contribution in [3.05, 3.63) is 81.6 Å². The molecule has 0 spiro atoms. The first-order valence-electron chi connectivity index (χ1n) is 9.85. The van der Waals surface area contributed by atoms with E-state index in [9.17, 15) is 14.4 Å². The molecule has 1 aromatic heterocycles. The fourth-order valence-corrected chi connectivity index (χ4v) is 3.28. The number of nitrogens with zero attached hydrogens (tertiary/aromatic N) is 2. The number of anilines is 1. The zero-order valence-electron chi connectivity index (χ0n) is 17.9. The molecule has 0 bridgehead atoms. The first kappa shape index (κ1) is 23.0. The summed E-state index contributed by atoms with van der Waals surface area (Å²) >= 11 is 6.05. The van der Waals surface area contributed by atoms with Crippen molar-refractivity contribution in [2.45, 2.75) is 20.4 Å². The average Bonchev–Trinajstić information content (AvgIpc) is 3.03. The van der Waals surface area contributed by atoms with Gasteiger partial charge in [0.15, 0.2) is 6.61 Å². The predicted octanol–water partition coefficient (Wildman–Crippen LogP) is 3.42. The molecule has 0 aliphatic heterocycles. The molecule has 32 heavy (non-hydrogen) atoms. The second-order valence-electron chi connectivity index (χ2n) is 7.21. The average molecular weight is 455 g/mol. The van der Waals surface area contributed by atoms with Crippen molar-refractivity contribution >= 4 is 35.1 Å². The third-order valence-electron chi connectivity index (χ3n) is 4.71. The summed E-state index contributed by atoms with van der Waals surface area (Å²) in [4.78, 5) is 37.2. The molecular formula is C23H23ClN4O4. The van der Waals surface area contributed by atoms with Gasteiger partial charge in [-0.25, -0.2) is 4.79 Å². The summed E-state index contributed by atoms with van der Waals surface area (Å²) in [5.74, 6) is -1.68. The van der Waals surface area contributed by atoms with Gasteiger partial charge in [0.1, 0.15) is 10.7 Å². The van der Waals surface area contributed by atoms with E-state index in [2.05, 4.69) is 15.7 Å². The molecule has 2 N–H and O–H groups in total. The van der Waals surface area contributed by atoms with Gasteiger partial charge in [0, 0.05) is 13.6 Å². The highest BCUT2D eigenvalue weighted by Gasteiger charge is 2.21. The molecule has 0 saturated heterocycles. The molecule has 2 amide bonds. The van der Waals surface area contributed by atoms with E-state index < -0.39 is 18.5 Å². The van der Waals surface area contributed by atoms with Gasteiger partial charge < -0.3 is 15.4 Å². The maximum absolute atomic E-state index is 12.6. The summed E-state index contributed by atoms with van der Waals surface area (Å²) < 4.78 is 6.41. The predicted molar refractivity (Wildman–Crippen MR) is 121 cm³/mol. The summed E-state index contributed by atoms with van der Waals surface area (Å²) in [6.45, 7) is 3.42. The highest BCUT2D eigenvalue weighted by molar-refractivity contribution is 6.32. The topological polar surface area (TPSA) is 102 Å². The van der Waals surface area contributed by atoms with E-state index in [0.717, 1.165) is 11.1 Å². The molecule has 8 nitrogen and oxygen atoms in total. The van der Waals surface area contributed by atoms with E-state index in [0.29, 0.717) is 23.5 Å². The number of rotatable bonds is 7. The standard InChI is InChI=1S/C23H23ClN4O4/c1-14-8-10-16(11-9-14)12-25-22(30)17-6-4-5-7-18(17)26-19(29)13-32-23(31)20-15(2)27-28(3)21(20)24/h4-11H,12-13H2,1-3H3,(H,25,30)(H,26,29). The van der Waals surface area contributed by atoms with Crippen molar-refractivity contribution < 1.29 is 19.1 Å². The number of benzene rings is 2. The summed E-state index contributed by atoms with van der Waals surface area (Å²) in [7, 11) is 1.60. The van der Waals surface area contributed by atoms with Crippen molar-refractivity contribution in [3.8, 4) is 0 Å². The van der Waals surface area contributed by atoms with Crippen molar-refractivity contribution in [1.29, 1.82) is 0 Å². The SMILES string of the molecule is Cc1ccc(CNC(=O)c2ccccc2NC(=O)COC(=O)c2c(C)nn(C)c2Cl)cc1. The number of ether oxygens (including phenoxy) is 1. The Bertz CT molecular complexity index is 1160. The van der Waals surface area contributed by atoms with Gasteiger partial charge in [-0.05, 0) is 31.5 Å². The van der Waals surface area contributed by atoms with E-state index in [-0.39, 0.29) is 16.6 Å². The Kier molecular flexibility index (Phi) is 7.27. The van der Waals surface area contributed by atoms with Crippen LogP contribution in [0.2, 0.25) is 5.15 Å². The van der Waals surface area contributed by atoms with E-state index in [1.807, 2.05) is 31.2 Å². The maximum atomic E-state index is 12.6. The quantitative estimate of drug-likeness (QED) is 0.532. The third-order valence-corrected chi connectivity index (χ3v) is 5.14. The molecule has 3 aromatic rings. The number of para-hydroxylation sites is 1. The summed E-state index contributed by atoms with van der Waals surface area (Å²) in [5.41, 5.74) is 3.21. The molecule has 0 aliphatic carbocycles. The van der Waals surface area contributed by atoms with Crippen molar-refractivity contribution in [3.63, 3.8) is 0 Å². The van der Waals surface area contributed by atoms with Crippen molar-refractivity contribution in [2.75, 3.05) is 11.9 Å². The molecular weight excluding hydrogens is 432 g/mol. The normalized spacial score (nSPS) is 10.5. The van der Waals surface area contributed by atoms with Crippen LogP contribution in [0.1, 0.15) is 37.5 Å². The Labute approximate surface area is 190 Å². The lowest BCUT2D eigenvalue weighted by Crippen LogP contribution is -2.26. The van der Waals surface area contributed by atoms with Crippen molar-refractivity contribution in [2.24, 2.45) is 7.05 Å². The number of hydrogen-bond acceptors (Lipinski definition) is 5. The molecule has 3 rings (SSSR count). The fourth-order valence-electron chi connectivity index (χ4n) is 3.03. The van der Waals surface area contributed by atoms with E-state index >= 15 is 0 Å². The molecule has 1 heterocycles. The number of carbonyl (C=O) groups excluding carboxylic acids is 3. The van der Waals surface area contributed by atoms with Gasteiger partial charge >= 0.3 is 5.97 Å². The largest absolute Gasteiger partial charge is 0.452 e. The molecule has 0 saturated carbocycles. The van der Waals surface area contributed by atoms with Gasteiger partial charge in [0.25, 0.3) is 11.8 Å². The van der Waals surface area contributed by atoms with Crippen LogP contribution in [0.5, 0.6) is 0 Å². The van der Waals surface area contributed by atoms with Crippen LogP contribution in [0.4, 0.5) is 5.69 Å². The zero-order valence-corrected chi connectivity index (χ0v) is 18.7. The zero-order chi connectivity index (χ0) is 23.3. The molecule has 166 valence electrons. The number of aromatic nitrogens is 2. The second kappa shape index (κ2) is 10.1. The van der Waals surface area contributed by atoms with Crippen molar-refractivity contribution in [1.82, 2.24) is 15.1 Å². The third kappa shape index (κ3) is 5.53. The molecule has 0 unspecified atom stereocenters. The van der Waals surface area contributed by atoms with Crippen LogP contribution >= 0.6 is 11.6 Å². The van der Waals surface area contributed by atoms with Crippen LogP contribution in [0.15, 0.2) is 48.5 Å². The number of amides is 2. The highest BCUT2D eigenvalue weighted by Crippen LogP contribution is 2.20. The minimum atomic E-state index is -0.750. The van der Waals surface area contributed by atoms with Crippen LogP contribution < -0.4 is 10.6 Å². The first-order valence-corrected chi connectivity index (χ1v) is 10.2. The van der Waals surface area contributed by atoms with E-state index in [4.69, 9.17) is 16.3 Å². The Morgan fingerprint density at radius 1 is 1.06 bits per heavy atom. The lowest BCUT2D eigenvalue weighted by atomic mass is 10.1. The lowest BCUT2D eigenvalue weighted by Gasteiger charge is -2.12. The number of hydrogen-bond donors (Lipinski definition) is 2. The number of aryl methyl sites for hydroxylation is 3. The van der Waals surface area contributed by atoms with Crippen LogP contribution in [-0.4, -0.2) is 34.2 Å². The first-order chi connectivity index (χ1) is 15.3. The van der Waals surface area contributed by atoms with Crippen LogP contribution in [0, 0.1) is 13.8 Å². The smallest absolute Gasteiger partial charge is 0.343 e. The van der Waals surface area contributed by atoms with Crippen LogP contribution in [-0.2, 0) is 23.1 Å². The number of nitrogens with one attached hydrogen (secondary N) is 2. The van der Waals surface area contributed by atoms with Gasteiger partial charge in [-0.15, -0.1) is 0 Å². The minimum absolute atomic E-state index is 0.109. The van der Waals surface area contributed by atoms with Crippen LogP contribution in [0.3, 0.4) is 0 Å². The van der Waals surface area contributed by atoms with E-state index in [1.165, 1.54) is 4.68 Å². The fraction of sp³-hybridized carbons (Fsp3) is 0.217. The van der Waals surface area contributed by atoms with Gasteiger partial charge in [-0.1, -0.05) is 53.6 Å². The highest BCUT2D eigenvalue weighted by atomic mass is 35.5. The Hall–Kier alpha value is -3.65. The number of halogens is 1. The lowest BCUT2D eigenvalue weighted by molar-refractivity contribution is -0.119. The molecule has 0 atom stereocenters. The monoisotopic (exact) mass is 454 g/mol. The summed E-state index contributed by atoms with van der Waals surface area (Å²) in [5, 5.41) is 9.61. The van der Waals surface area contributed by atoms with Crippen LogP contribution in [0.25, 0.3) is 0 Å². The number of esters is 1. The Balaban J connectivity index is 1.60.